The highest BCUT2D eigenvalue weighted by Crippen LogP contribution is 2.25. The second-order valence-corrected chi connectivity index (χ2v) is 11.6. The molecule has 0 spiro atoms. The van der Waals surface area contributed by atoms with Crippen LogP contribution >= 0.6 is 0 Å². The largest absolute Gasteiger partial charge is 0.494 e. The van der Waals surface area contributed by atoms with Crippen molar-refractivity contribution in [3.63, 3.8) is 0 Å². The molecular formula is C37H47FO5. The van der Waals surface area contributed by atoms with Gasteiger partial charge in [-0.1, -0.05) is 90.0 Å². The number of carbonyl (C=O) groups is 2. The lowest BCUT2D eigenvalue weighted by Gasteiger charge is -2.15. The lowest BCUT2D eigenvalue weighted by atomic mass is 10.0. The van der Waals surface area contributed by atoms with Gasteiger partial charge in [-0.05, 0) is 79.6 Å². The van der Waals surface area contributed by atoms with Crippen molar-refractivity contribution in [2.45, 2.75) is 98.0 Å². The molecule has 0 aliphatic rings. The summed E-state index contributed by atoms with van der Waals surface area (Å²) in [6, 6.07) is 18.6. The number of unbranched alkanes of at least 4 members (excludes halogenated alkanes) is 7. The predicted octanol–water partition coefficient (Wildman–Crippen LogP) is 10.2. The van der Waals surface area contributed by atoms with Crippen LogP contribution in [0.15, 0.2) is 66.7 Å². The van der Waals surface area contributed by atoms with Crippen LogP contribution in [-0.2, 0) is 4.74 Å². The van der Waals surface area contributed by atoms with Crippen molar-refractivity contribution in [2.24, 2.45) is 5.92 Å². The fourth-order valence-electron chi connectivity index (χ4n) is 4.73. The Morgan fingerprint density at radius 3 is 1.88 bits per heavy atom. The van der Waals surface area contributed by atoms with E-state index in [1.54, 1.807) is 19.1 Å². The first-order valence-corrected chi connectivity index (χ1v) is 15.8. The number of hydrogen-bond donors (Lipinski definition) is 0. The number of hydrogen-bond acceptors (Lipinski definition) is 5. The molecule has 43 heavy (non-hydrogen) atoms. The quantitative estimate of drug-likeness (QED) is 0.0838. The molecule has 6 heteroatoms. The van der Waals surface area contributed by atoms with E-state index in [-0.39, 0.29) is 17.4 Å². The summed E-state index contributed by atoms with van der Waals surface area (Å²) in [5.74, 6) is -0.799. The number of ether oxygens (including phenoxy) is 3. The van der Waals surface area contributed by atoms with Crippen LogP contribution in [0.2, 0.25) is 0 Å². The standard InChI is InChI=1S/C37H47FO5/c1-5-6-7-8-9-10-11-12-25-41-32-21-19-30(20-22-32)29-15-17-31(18-16-29)36(39)43-33-23-24-34(35(38)26-33)37(40)42-28(4)14-13-27(2)3/h15-24,26-28H,5-14,25H2,1-4H3/t28-/m1/s1. The van der Waals surface area contributed by atoms with E-state index in [1.807, 2.05) is 36.4 Å². The SMILES string of the molecule is CCCCCCCCCCOc1ccc(-c2ccc(C(=O)Oc3ccc(C(=O)O[C@H](C)CCC(C)C)c(F)c3)cc2)cc1. The maximum atomic E-state index is 14.7. The van der Waals surface area contributed by atoms with Crippen LogP contribution in [0, 0.1) is 11.7 Å². The smallest absolute Gasteiger partial charge is 0.343 e. The summed E-state index contributed by atoms with van der Waals surface area (Å²) in [7, 11) is 0. The Balaban J connectivity index is 1.46. The minimum absolute atomic E-state index is 0.0125. The van der Waals surface area contributed by atoms with Crippen molar-refractivity contribution in [3.8, 4) is 22.6 Å². The number of esters is 2. The van der Waals surface area contributed by atoms with Gasteiger partial charge in [-0.2, -0.15) is 0 Å². The van der Waals surface area contributed by atoms with Gasteiger partial charge in [-0.3, -0.25) is 0 Å². The highest BCUT2D eigenvalue weighted by Gasteiger charge is 2.18. The van der Waals surface area contributed by atoms with Crippen molar-refractivity contribution in [3.05, 3.63) is 83.7 Å². The van der Waals surface area contributed by atoms with Gasteiger partial charge in [0.25, 0.3) is 0 Å². The van der Waals surface area contributed by atoms with E-state index in [4.69, 9.17) is 14.2 Å². The predicted molar refractivity (Wildman–Crippen MR) is 170 cm³/mol. The van der Waals surface area contributed by atoms with Crippen LogP contribution in [-0.4, -0.2) is 24.6 Å². The van der Waals surface area contributed by atoms with Gasteiger partial charge in [0, 0.05) is 6.07 Å². The molecule has 0 radical (unpaired) electrons. The van der Waals surface area contributed by atoms with E-state index in [1.165, 1.54) is 57.1 Å². The molecule has 0 unspecified atom stereocenters. The third-order valence-electron chi connectivity index (χ3n) is 7.40. The zero-order valence-electron chi connectivity index (χ0n) is 26.2. The molecule has 0 bridgehead atoms. The van der Waals surface area contributed by atoms with Gasteiger partial charge in [0.15, 0.2) is 0 Å². The zero-order chi connectivity index (χ0) is 31.0. The molecule has 0 amide bonds. The van der Waals surface area contributed by atoms with E-state index in [9.17, 15) is 14.0 Å². The van der Waals surface area contributed by atoms with Crippen LogP contribution < -0.4 is 9.47 Å². The van der Waals surface area contributed by atoms with Gasteiger partial charge in [0.1, 0.15) is 17.3 Å². The minimum Gasteiger partial charge on any atom is -0.494 e. The van der Waals surface area contributed by atoms with Gasteiger partial charge in [0.2, 0.25) is 0 Å². The Morgan fingerprint density at radius 2 is 1.28 bits per heavy atom. The maximum Gasteiger partial charge on any atom is 0.343 e. The van der Waals surface area contributed by atoms with Gasteiger partial charge in [-0.15, -0.1) is 0 Å². The molecule has 3 rings (SSSR count). The normalized spacial score (nSPS) is 11.8. The molecule has 0 aliphatic carbocycles. The Labute approximate surface area is 256 Å². The van der Waals surface area contributed by atoms with Gasteiger partial charge < -0.3 is 14.2 Å². The van der Waals surface area contributed by atoms with E-state index in [0.717, 1.165) is 42.4 Å². The average molecular weight is 591 g/mol. The molecule has 0 saturated heterocycles. The Kier molecular flexibility index (Phi) is 14.2. The van der Waals surface area contributed by atoms with Gasteiger partial charge >= 0.3 is 11.9 Å². The minimum atomic E-state index is -0.799. The number of carbonyl (C=O) groups excluding carboxylic acids is 2. The first kappa shape index (κ1) is 33.8. The monoisotopic (exact) mass is 590 g/mol. The summed E-state index contributed by atoms with van der Waals surface area (Å²) in [5, 5.41) is 0. The number of rotatable bonds is 18. The van der Waals surface area contributed by atoms with E-state index in [2.05, 4.69) is 20.8 Å². The molecule has 0 N–H and O–H groups in total. The second kappa shape index (κ2) is 18.1. The summed E-state index contributed by atoms with van der Waals surface area (Å²) >= 11 is 0. The Morgan fingerprint density at radius 1 is 0.698 bits per heavy atom. The lowest BCUT2D eigenvalue weighted by Crippen LogP contribution is -2.17. The summed E-state index contributed by atoms with van der Waals surface area (Å²) < 4.78 is 31.3. The molecule has 3 aromatic carbocycles. The summed E-state index contributed by atoms with van der Waals surface area (Å²) in [6.07, 6.45) is 11.5. The average Bonchev–Trinajstić information content (AvgIpc) is 2.99. The van der Waals surface area contributed by atoms with Crippen molar-refractivity contribution in [1.82, 2.24) is 0 Å². The fraction of sp³-hybridized carbons (Fsp3) is 0.459. The lowest BCUT2D eigenvalue weighted by molar-refractivity contribution is 0.0308. The van der Waals surface area contributed by atoms with Gasteiger partial charge in [0.05, 0.1) is 23.8 Å². The van der Waals surface area contributed by atoms with Crippen LogP contribution in [0.5, 0.6) is 11.5 Å². The van der Waals surface area contributed by atoms with Crippen molar-refractivity contribution in [2.75, 3.05) is 6.61 Å². The molecule has 0 saturated carbocycles. The van der Waals surface area contributed by atoms with Crippen LogP contribution in [0.25, 0.3) is 11.1 Å². The Hall–Kier alpha value is -3.67. The van der Waals surface area contributed by atoms with E-state index >= 15 is 0 Å². The maximum absolute atomic E-state index is 14.7. The molecule has 5 nitrogen and oxygen atoms in total. The van der Waals surface area contributed by atoms with Crippen LogP contribution in [0.1, 0.15) is 113 Å². The van der Waals surface area contributed by atoms with Gasteiger partial charge in [-0.25, -0.2) is 14.0 Å². The Bertz CT molecular complexity index is 1270. The molecule has 232 valence electrons. The highest BCUT2D eigenvalue weighted by atomic mass is 19.1. The zero-order valence-corrected chi connectivity index (χ0v) is 26.2. The second-order valence-electron chi connectivity index (χ2n) is 11.6. The molecule has 3 aromatic rings. The molecule has 0 heterocycles. The first-order valence-electron chi connectivity index (χ1n) is 15.8. The number of benzene rings is 3. The van der Waals surface area contributed by atoms with E-state index < -0.39 is 17.8 Å². The third kappa shape index (κ3) is 11.9. The highest BCUT2D eigenvalue weighted by molar-refractivity contribution is 5.92. The van der Waals surface area contributed by atoms with Crippen LogP contribution in [0.3, 0.4) is 0 Å². The fourth-order valence-corrected chi connectivity index (χ4v) is 4.73. The van der Waals surface area contributed by atoms with Crippen LogP contribution in [0.4, 0.5) is 4.39 Å². The van der Waals surface area contributed by atoms with Crippen molar-refractivity contribution < 1.29 is 28.2 Å². The summed E-state index contributed by atoms with van der Waals surface area (Å²) in [6.45, 7) is 8.94. The molecular weight excluding hydrogens is 543 g/mol. The van der Waals surface area contributed by atoms with Crippen molar-refractivity contribution >= 4 is 11.9 Å². The van der Waals surface area contributed by atoms with Crippen molar-refractivity contribution in [1.29, 1.82) is 0 Å². The molecule has 1 atom stereocenters. The van der Waals surface area contributed by atoms with E-state index in [0.29, 0.717) is 17.9 Å². The molecule has 0 aromatic heterocycles. The topological polar surface area (TPSA) is 61.8 Å². The third-order valence-corrected chi connectivity index (χ3v) is 7.40. The number of halogens is 1. The summed E-state index contributed by atoms with van der Waals surface area (Å²) in [4.78, 5) is 25.1. The molecule has 0 fully saturated rings. The summed E-state index contributed by atoms with van der Waals surface area (Å²) in [5.41, 5.74) is 2.09. The first-order chi connectivity index (χ1) is 20.8. The molecule has 0 aliphatic heterocycles.